The van der Waals surface area contributed by atoms with Crippen molar-refractivity contribution < 1.29 is 24.0 Å². The molecule has 1 heterocycles. The molecule has 0 radical (unpaired) electrons. The van der Waals surface area contributed by atoms with E-state index in [1.807, 2.05) is 13.0 Å². The minimum absolute atomic E-state index is 0.134. The van der Waals surface area contributed by atoms with Crippen molar-refractivity contribution in [2.75, 3.05) is 4.90 Å². The highest BCUT2D eigenvalue weighted by atomic mass is 16.6. The zero-order valence-corrected chi connectivity index (χ0v) is 16.1. The maximum Gasteiger partial charge on any atom is 0.343 e. The topological polar surface area (TPSA) is 107 Å². The minimum atomic E-state index is -0.699. The molecule has 0 N–H and O–H groups in total. The van der Waals surface area contributed by atoms with Crippen molar-refractivity contribution in [3.05, 3.63) is 75.9 Å². The lowest BCUT2D eigenvalue weighted by atomic mass is 9.82. The first-order chi connectivity index (χ1) is 14.3. The van der Waals surface area contributed by atoms with Crippen molar-refractivity contribution in [3.8, 4) is 5.75 Å². The smallest absolute Gasteiger partial charge is 0.343 e. The third kappa shape index (κ3) is 3.47. The van der Waals surface area contributed by atoms with Gasteiger partial charge in [-0.15, -0.1) is 0 Å². The van der Waals surface area contributed by atoms with Gasteiger partial charge in [0.05, 0.1) is 28.0 Å². The van der Waals surface area contributed by atoms with Crippen LogP contribution in [0.1, 0.15) is 30.1 Å². The van der Waals surface area contributed by atoms with E-state index in [4.69, 9.17) is 4.74 Å². The second kappa shape index (κ2) is 7.55. The number of non-ortho nitro benzene ring substituents is 1. The van der Waals surface area contributed by atoms with Crippen molar-refractivity contribution in [1.82, 2.24) is 0 Å². The van der Waals surface area contributed by atoms with Crippen LogP contribution in [-0.4, -0.2) is 22.7 Å². The Balaban J connectivity index is 1.53. The summed E-state index contributed by atoms with van der Waals surface area (Å²) in [6, 6.07) is 11.3. The summed E-state index contributed by atoms with van der Waals surface area (Å²) in [5.74, 6) is -1.72. The lowest BCUT2D eigenvalue weighted by Gasteiger charge is -2.18. The molecular weight excluding hydrogens is 388 g/mol. The molecule has 1 saturated heterocycles. The number of carbonyl (C=O) groups is 3. The fourth-order valence-electron chi connectivity index (χ4n) is 3.86. The van der Waals surface area contributed by atoms with Crippen LogP contribution in [0.5, 0.6) is 5.75 Å². The highest BCUT2D eigenvalue weighted by Gasteiger charge is 2.48. The monoisotopic (exact) mass is 406 g/mol. The van der Waals surface area contributed by atoms with Crippen LogP contribution in [0.15, 0.2) is 60.2 Å². The van der Waals surface area contributed by atoms with Crippen LogP contribution >= 0.6 is 0 Å². The molecule has 8 heteroatoms. The quantitative estimate of drug-likeness (QED) is 0.192. The number of imide groups is 1. The van der Waals surface area contributed by atoms with Crippen LogP contribution in [0.4, 0.5) is 11.4 Å². The fraction of sp³-hybridized carbons (Fsp3) is 0.227. The molecule has 1 aliphatic carbocycles. The summed E-state index contributed by atoms with van der Waals surface area (Å²) in [5, 5.41) is 10.7. The summed E-state index contributed by atoms with van der Waals surface area (Å²) >= 11 is 0. The molecule has 1 aliphatic heterocycles. The molecule has 1 fully saturated rings. The Kier molecular flexibility index (Phi) is 4.91. The number of anilines is 1. The first kappa shape index (κ1) is 19.5. The van der Waals surface area contributed by atoms with Gasteiger partial charge in [0.2, 0.25) is 11.8 Å². The van der Waals surface area contributed by atoms with Crippen LogP contribution in [0, 0.1) is 22.0 Å². The van der Waals surface area contributed by atoms with Gasteiger partial charge in [0, 0.05) is 18.2 Å². The molecule has 2 atom stereocenters. The number of nitro benzene ring substituents is 1. The Morgan fingerprint density at radius 1 is 1.10 bits per heavy atom. The summed E-state index contributed by atoms with van der Waals surface area (Å²) in [7, 11) is 0. The van der Waals surface area contributed by atoms with E-state index in [0.29, 0.717) is 18.5 Å². The van der Waals surface area contributed by atoms with Gasteiger partial charge in [-0.2, -0.15) is 0 Å². The van der Waals surface area contributed by atoms with Crippen molar-refractivity contribution >= 4 is 29.2 Å². The van der Waals surface area contributed by atoms with E-state index in [0.717, 1.165) is 5.57 Å². The Morgan fingerprint density at radius 3 is 2.50 bits per heavy atom. The zero-order valence-electron chi connectivity index (χ0n) is 16.1. The molecular formula is C22H18N2O6. The molecule has 2 aromatic carbocycles. The SMILES string of the molecule is CC1=CC[C@@H]2C(=O)N(c3cccc(OC(=O)c4ccc([N+](=O)[O-])cc4)c3)C(=O)[C@H]2C1. The van der Waals surface area contributed by atoms with E-state index in [-0.39, 0.29) is 40.7 Å². The van der Waals surface area contributed by atoms with Gasteiger partial charge in [0.25, 0.3) is 5.69 Å². The average Bonchev–Trinajstić information content (AvgIpc) is 2.98. The molecule has 4 rings (SSSR count). The molecule has 0 aromatic heterocycles. The Hall–Kier alpha value is -3.81. The summed E-state index contributed by atoms with van der Waals surface area (Å²) in [4.78, 5) is 49.4. The third-order valence-corrected chi connectivity index (χ3v) is 5.42. The van der Waals surface area contributed by atoms with Crippen molar-refractivity contribution in [2.45, 2.75) is 19.8 Å². The summed E-state index contributed by atoms with van der Waals surface area (Å²) < 4.78 is 5.34. The molecule has 0 saturated carbocycles. The number of nitrogens with zero attached hydrogens (tertiary/aromatic N) is 2. The van der Waals surface area contributed by atoms with Gasteiger partial charge in [-0.1, -0.05) is 17.7 Å². The summed E-state index contributed by atoms with van der Waals surface area (Å²) in [5.41, 5.74) is 1.47. The van der Waals surface area contributed by atoms with Gasteiger partial charge < -0.3 is 4.74 Å². The maximum atomic E-state index is 12.9. The number of amides is 2. The standard InChI is InChI=1S/C22H18N2O6/c1-13-5-10-18-19(11-13)21(26)23(20(18)25)16-3-2-4-17(12-16)30-22(27)14-6-8-15(9-7-14)24(28)29/h2-9,12,18-19H,10-11H2,1H3/t18-,19-/m0/s1. The van der Waals surface area contributed by atoms with E-state index in [9.17, 15) is 24.5 Å². The number of fused-ring (bicyclic) bond motifs is 1. The number of esters is 1. The minimum Gasteiger partial charge on any atom is -0.423 e. The highest BCUT2D eigenvalue weighted by Crippen LogP contribution is 2.40. The molecule has 30 heavy (non-hydrogen) atoms. The first-order valence-corrected chi connectivity index (χ1v) is 9.45. The van der Waals surface area contributed by atoms with E-state index >= 15 is 0 Å². The first-order valence-electron chi connectivity index (χ1n) is 9.45. The largest absolute Gasteiger partial charge is 0.423 e. The number of rotatable bonds is 4. The molecule has 2 aromatic rings. The molecule has 0 unspecified atom stereocenters. The fourth-order valence-corrected chi connectivity index (χ4v) is 3.86. The number of ether oxygens (including phenoxy) is 1. The number of hydrogen-bond donors (Lipinski definition) is 0. The van der Waals surface area contributed by atoms with E-state index in [2.05, 4.69) is 0 Å². The van der Waals surface area contributed by atoms with Crippen LogP contribution in [0.25, 0.3) is 0 Å². The lowest BCUT2D eigenvalue weighted by molar-refractivity contribution is -0.384. The van der Waals surface area contributed by atoms with Gasteiger partial charge >= 0.3 is 5.97 Å². The number of carbonyl (C=O) groups excluding carboxylic acids is 3. The van der Waals surface area contributed by atoms with Gasteiger partial charge in [-0.25, -0.2) is 9.69 Å². The van der Waals surface area contributed by atoms with Crippen LogP contribution < -0.4 is 9.64 Å². The van der Waals surface area contributed by atoms with Crippen molar-refractivity contribution in [1.29, 1.82) is 0 Å². The highest BCUT2D eigenvalue weighted by molar-refractivity contribution is 6.22. The number of allylic oxidation sites excluding steroid dienone is 2. The molecule has 152 valence electrons. The van der Waals surface area contributed by atoms with Crippen LogP contribution in [-0.2, 0) is 9.59 Å². The predicted molar refractivity (Wildman–Crippen MR) is 107 cm³/mol. The molecule has 2 aliphatic rings. The predicted octanol–water partition coefficient (Wildman–Crippen LogP) is 3.66. The Bertz CT molecular complexity index is 1090. The number of nitro groups is 1. The van der Waals surface area contributed by atoms with Gasteiger partial charge in [-0.05, 0) is 44.0 Å². The van der Waals surface area contributed by atoms with Crippen LogP contribution in [0.2, 0.25) is 0 Å². The Labute approximate surface area is 171 Å². The third-order valence-electron chi connectivity index (χ3n) is 5.42. The van der Waals surface area contributed by atoms with Crippen molar-refractivity contribution in [2.24, 2.45) is 11.8 Å². The number of hydrogen-bond acceptors (Lipinski definition) is 6. The summed E-state index contributed by atoms with van der Waals surface area (Å²) in [6.07, 6.45) is 3.12. The van der Waals surface area contributed by atoms with Gasteiger partial charge in [-0.3, -0.25) is 19.7 Å². The molecule has 2 amide bonds. The Morgan fingerprint density at radius 2 is 1.80 bits per heavy atom. The van der Waals surface area contributed by atoms with Crippen molar-refractivity contribution in [3.63, 3.8) is 0 Å². The molecule has 0 bridgehead atoms. The molecule has 8 nitrogen and oxygen atoms in total. The van der Waals surface area contributed by atoms with E-state index in [1.54, 1.807) is 12.1 Å². The van der Waals surface area contributed by atoms with Gasteiger partial charge in [0.15, 0.2) is 0 Å². The maximum absolute atomic E-state index is 12.9. The number of benzene rings is 2. The van der Waals surface area contributed by atoms with E-state index in [1.165, 1.54) is 41.3 Å². The lowest BCUT2D eigenvalue weighted by Crippen LogP contribution is -2.30. The van der Waals surface area contributed by atoms with E-state index < -0.39 is 10.9 Å². The van der Waals surface area contributed by atoms with Crippen LogP contribution in [0.3, 0.4) is 0 Å². The summed E-state index contributed by atoms with van der Waals surface area (Å²) in [6.45, 7) is 1.95. The second-order valence-corrected chi connectivity index (χ2v) is 7.41. The zero-order chi connectivity index (χ0) is 21.4. The normalized spacial score (nSPS) is 20.6. The molecule has 0 spiro atoms. The van der Waals surface area contributed by atoms with Gasteiger partial charge in [0.1, 0.15) is 5.75 Å². The second-order valence-electron chi connectivity index (χ2n) is 7.41. The average molecular weight is 406 g/mol.